The summed E-state index contributed by atoms with van der Waals surface area (Å²) in [5, 5.41) is 9.94. The van der Waals surface area contributed by atoms with E-state index in [-0.39, 0.29) is 6.61 Å². The summed E-state index contributed by atoms with van der Waals surface area (Å²) in [6, 6.07) is 5.06. The number of benzene rings is 1. The van der Waals surface area contributed by atoms with Gasteiger partial charge in [0.15, 0.2) is 17.6 Å². The van der Waals surface area contributed by atoms with Crippen LogP contribution in [-0.4, -0.2) is 23.5 Å². The second-order valence-electron chi connectivity index (χ2n) is 5.18. The first-order valence-electron chi connectivity index (χ1n) is 7.00. The zero-order chi connectivity index (χ0) is 14.2. The number of aliphatic hydroxyl groups is 1. The van der Waals surface area contributed by atoms with E-state index >= 15 is 0 Å². The molecule has 1 N–H and O–H groups in total. The third kappa shape index (κ3) is 2.22. The molecule has 0 unspecified atom stereocenters. The van der Waals surface area contributed by atoms with Gasteiger partial charge in [0.05, 0.1) is 6.61 Å². The number of rotatable bonds is 3. The smallest absolute Gasteiger partial charge is 0.339 e. The van der Waals surface area contributed by atoms with Crippen LogP contribution in [0.15, 0.2) is 18.2 Å². The van der Waals surface area contributed by atoms with E-state index in [0.717, 1.165) is 25.7 Å². The maximum absolute atomic E-state index is 11.5. The van der Waals surface area contributed by atoms with Crippen molar-refractivity contribution in [1.82, 2.24) is 0 Å². The van der Waals surface area contributed by atoms with Gasteiger partial charge in [-0.3, -0.25) is 0 Å². The van der Waals surface area contributed by atoms with E-state index in [0.29, 0.717) is 17.1 Å². The molecule has 0 aromatic heterocycles. The van der Waals surface area contributed by atoms with Crippen LogP contribution in [-0.2, 0) is 9.53 Å². The van der Waals surface area contributed by atoms with Gasteiger partial charge in [0.1, 0.15) is 0 Å². The standard InChI is InChI=1S/C15H18O5/c1-2-18-14(17)13(16)10-5-6-11-12(9-10)20-15(19-11)7-3-4-8-15/h5-6,9,13,16H,2-4,7-8H2,1H3/t13-/m0/s1. The first-order chi connectivity index (χ1) is 9.63. The normalized spacial score (nSPS) is 20.1. The maximum atomic E-state index is 11.5. The minimum atomic E-state index is -1.29. The summed E-state index contributed by atoms with van der Waals surface area (Å²) in [5.74, 6) is 0.0805. The largest absolute Gasteiger partial charge is 0.464 e. The molecule has 1 aromatic carbocycles. The van der Waals surface area contributed by atoms with Crippen molar-refractivity contribution >= 4 is 5.97 Å². The molecule has 5 heteroatoms. The fourth-order valence-corrected chi connectivity index (χ4v) is 2.76. The second kappa shape index (κ2) is 4.98. The van der Waals surface area contributed by atoms with Crippen molar-refractivity contribution in [3.63, 3.8) is 0 Å². The molecule has 2 aliphatic rings. The molecule has 1 spiro atoms. The molecule has 108 valence electrons. The summed E-state index contributed by atoms with van der Waals surface area (Å²) in [4.78, 5) is 11.5. The van der Waals surface area contributed by atoms with Crippen LogP contribution in [0.2, 0.25) is 0 Å². The Balaban J connectivity index is 1.80. The van der Waals surface area contributed by atoms with Crippen LogP contribution >= 0.6 is 0 Å². The fraction of sp³-hybridized carbons (Fsp3) is 0.533. The van der Waals surface area contributed by atoms with E-state index in [1.165, 1.54) is 0 Å². The van der Waals surface area contributed by atoms with Gasteiger partial charge >= 0.3 is 5.97 Å². The van der Waals surface area contributed by atoms with E-state index in [9.17, 15) is 9.90 Å². The molecule has 5 nitrogen and oxygen atoms in total. The zero-order valence-electron chi connectivity index (χ0n) is 11.4. The number of carbonyl (C=O) groups excluding carboxylic acids is 1. The number of hydrogen-bond acceptors (Lipinski definition) is 5. The van der Waals surface area contributed by atoms with Gasteiger partial charge in [-0.15, -0.1) is 0 Å². The van der Waals surface area contributed by atoms with Crippen molar-refractivity contribution < 1.29 is 24.1 Å². The number of carbonyl (C=O) groups is 1. The van der Waals surface area contributed by atoms with Crippen molar-refractivity contribution in [2.75, 3.05) is 6.61 Å². The number of aliphatic hydroxyl groups excluding tert-OH is 1. The fourth-order valence-electron chi connectivity index (χ4n) is 2.76. The lowest BCUT2D eigenvalue weighted by atomic mass is 10.1. The molecule has 1 aliphatic carbocycles. The quantitative estimate of drug-likeness (QED) is 0.860. The molecule has 0 radical (unpaired) electrons. The summed E-state index contributed by atoms with van der Waals surface area (Å²) in [7, 11) is 0. The van der Waals surface area contributed by atoms with Crippen LogP contribution < -0.4 is 9.47 Å². The molecule has 3 rings (SSSR count). The molecule has 1 fully saturated rings. The van der Waals surface area contributed by atoms with Gasteiger partial charge in [-0.2, -0.15) is 0 Å². The summed E-state index contributed by atoms with van der Waals surface area (Å²) in [5.41, 5.74) is 0.459. The topological polar surface area (TPSA) is 65.0 Å². The molecule has 1 heterocycles. The number of hydrogen-bond donors (Lipinski definition) is 1. The van der Waals surface area contributed by atoms with E-state index in [1.54, 1.807) is 25.1 Å². The van der Waals surface area contributed by atoms with Gasteiger partial charge in [-0.25, -0.2) is 4.79 Å². The summed E-state index contributed by atoms with van der Waals surface area (Å²) < 4.78 is 16.6. The van der Waals surface area contributed by atoms with Crippen molar-refractivity contribution in [2.24, 2.45) is 0 Å². The Morgan fingerprint density at radius 3 is 2.75 bits per heavy atom. The average Bonchev–Trinajstić information content (AvgIpc) is 3.03. The van der Waals surface area contributed by atoms with Crippen LogP contribution in [0.1, 0.15) is 44.3 Å². The number of ether oxygens (including phenoxy) is 3. The van der Waals surface area contributed by atoms with Crippen molar-refractivity contribution in [2.45, 2.75) is 44.5 Å². The first-order valence-corrected chi connectivity index (χ1v) is 7.00. The SMILES string of the molecule is CCOC(=O)[C@@H](O)c1ccc2c(c1)OC1(CCCC1)O2. The highest BCUT2D eigenvalue weighted by molar-refractivity contribution is 5.76. The third-order valence-corrected chi connectivity index (χ3v) is 3.75. The summed E-state index contributed by atoms with van der Waals surface area (Å²) in [6.45, 7) is 1.94. The van der Waals surface area contributed by atoms with Crippen molar-refractivity contribution in [1.29, 1.82) is 0 Å². The molecule has 1 aliphatic heterocycles. The van der Waals surface area contributed by atoms with Gasteiger partial charge < -0.3 is 19.3 Å². The summed E-state index contributed by atoms with van der Waals surface area (Å²) in [6.07, 6.45) is 2.64. The molecule has 0 saturated heterocycles. The molecular formula is C15H18O5. The average molecular weight is 278 g/mol. The van der Waals surface area contributed by atoms with Crippen LogP contribution in [0, 0.1) is 0 Å². The van der Waals surface area contributed by atoms with Gasteiger partial charge in [0.25, 0.3) is 5.79 Å². The molecule has 1 atom stereocenters. The number of fused-ring (bicyclic) bond motifs is 1. The third-order valence-electron chi connectivity index (χ3n) is 3.75. The highest BCUT2D eigenvalue weighted by atomic mass is 16.7. The van der Waals surface area contributed by atoms with Crippen LogP contribution in [0.3, 0.4) is 0 Å². The Morgan fingerprint density at radius 1 is 1.35 bits per heavy atom. The Morgan fingerprint density at radius 2 is 2.05 bits per heavy atom. The number of esters is 1. The molecule has 0 bridgehead atoms. The van der Waals surface area contributed by atoms with E-state index in [2.05, 4.69) is 0 Å². The maximum Gasteiger partial charge on any atom is 0.339 e. The molecule has 0 amide bonds. The predicted molar refractivity (Wildman–Crippen MR) is 70.5 cm³/mol. The zero-order valence-corrected chi connectivity index (χ0v) is 11.4. The Labute approximate surface area is 117 Å². The van der Waals surface area contributed by atoms with Gasteiger partial charge in [0.2, 0.25) is 0 Å². The lowest BCUT2D eigenvalue weighted by Gasteiger charge is -2.21. The van der Waals surface area contributed by atoms with Crippen molar-refractivity contribution in [3.8, 4) is 11.5 Å². The Bertz CT molecular complexity index is 519. The Hall–Kier alpha value is -1.75. The molecular weight excluding hydrogens is 260 g/mol. The highest BCUT2D eigenvalue weighted by Gasteiger charge is 2.44. The van der Waals surface area contributed by atoms with Crippen LogP contribution in [0.5, 0.6) is 11.5 Å². The van der Waals surface area contributed by atoms with Gasteiger partial charge in [-0.1, -0.05) is 6.07 Å². The predicted octanol–water partition coefficient (Wildman–Crippen LogP) is 2.32. The lowest BCUT2D eigenvalue weighted by Crippen LogP contribution is -2.34. The van der Waals surface area contributed by atoms with E-state index in [4.69, 9.17) is 14.2 Å². The minimum Gasteiger partial charge on any atom is -0.464 e. The van der Waals surface area contributed by atoms with Gasteiger partial charge in [0, 0.05) is 12.8 Å². The molecule has 1 aromatic rings. The first kappa shape index (κ1) is 13.2. The van der Waals surface area contributed by atoms with E-state index < -0.39 is 17.9 Å². The molecule has 20 heavy (non-hydrogen) atoms. The monoisotopic (exact) mass is 278 g/mol. The van der Waals surface area contributed by atoms with Crippen LogP contribution in [0.25, 0.3) is 0 Å². The highest BCUT2D eigenvalue weighted by Crippen LogP contribution is 2.47. The van der Waals surface area contributed by atoms with Crippen molar-refractivity contribution in [3.05, 3.63) is 23.8 Å². The van der Waals surface area contributed by atoms with E-state index in [1.807, 2.05) is 0 Å². The second-order valence-corrected chi connectivity index (χ2v) is 5.18. The van der Waals surface area contributed by atoms with Crippen LogP contribution in [0.4, 0.5) is 0 Å². The minimum absolute atomic E-state index is 0.240. The summed E-state index contributed by atoms with van der Waals surface area (Å²) >= 11 is 0. The van der Waals surface area contributed by atoms with Gasteiger partial charge in [-0.05, 0) is 37.5 Å². The Kier molecular flexibility index (Phi) is 3.30. The lowest BCUT2D eigenvalue weighted by molar-refractivity contribution is -0.153. The molecule has 1 saturated carbocycles.